The third kappa shape index (κ3) is 1.66. The molecule has 1 atom stereocenters. The van der Waals surface area contributed by atoms with Gasteiger partial charge in [0.05, 0.1) is 11.9 Å². The van der Waals surface area contributed by atoms with Crippen molar-refractivity contribution in [3.63, 3.8) is 0 Å². The molecule has 1 heterocycles. The van der Waals surface area contributed by atoms with Gasteiger partial charge in [0, 0.05) is 5.39 Å². The van der Waals surface area contributed by atoms with E-state index in [2.05, 4.69) is 19.4 Å². The smallest absolute Gasteiger partial charge is 0.184 e. The van der Waals surface area contributed by atoms with E-state index in [1.807, 2.05) is 0 Å². The largest absolute Gasteiger partial charge is 0.504 e. The highest BCUT2D eigenvalue weighted by atomic mass is 31.0. The SMILES string of the molecule is O/N=C/c1ccc2c(P)cc(O)c(O)c2n1. The first kappa shape index (κ1) is 10.6. The van der Waals surface area contributed by atoms with Gasteiger partial charge in [-0.25, -0.2) is 4.98 Å². The van der Waals surface area contributed by atoms with Gasteiger partial charge in [0.1, 0.15) is 5.52 Å². The summed E-state index contributed by atoms with van der Waals surface area (Å²) in [5.41, 5.74) is 0.655. The number of aromatic nitrogens is 1. The molecular formula is C10H9N2O3P. The highest BCUT2D eigenvalue weighted by Crippen LogP contribution is 2.31. The number of benzene rings is 1. The fourth-order valence-electron chi connectivity index (χ4n) is 1.43. The molecule has 1 unspecified atom stereocenters. The van der Waals surface area contributed by atoms with Crippen molar-refractivity contribution in [2.24, 2.45) is 5.16 Å². The lowest BCUT2D eigenvalue weighted by atomic mass is 10.1. The van der Waals surface area contributed by atoms with E-state index in [1.165, 1.54) is 6.07 Å². The highest BCUT2D eigenvalue weighted by molar-refractivity contribution is 7.28. The minimum absolute atomic E-state index is 0.233. The molecular weight excluding hydrogens is 227 g/mol. The number of hydrogen-bond donors (Lipinski definition) is 3. The van der Waals surface area contributed by atoms with Gasteiger partial charge in [-0.2, -0.15) is 0 Å². The quantitative estimate of drug-likeness (QED) is 0.226. The Labute approximate surface area is 93.3 Å². The van der Waals surface area contributed by atoms with Crippen LogP contribution in [0.3, 0.4) is 0 Å². The zero-order chi connectivity index (χ0) is 11.7. The molecule has 0 saturated carbocycles. The van der Waals surface area contributed by atoms with E-state index in [-0.39, 0.29) is 17.0 Å². The molecule has 2 rings (SSSR count). The molecule has 0 spiro atoms. The molecule has 0 aliphatic carbocycles. The molecule has 0 radical (unpaired) electrons. The summed E-state index contributed by atoms with van der Waals surface area (Å²) in [5.74, 6) is -0.516. The van der Waals surface area contributed by atoms with Crippen LogP contribution in [0.15, 0.2) is 23.4 Å². The summed E-state index contributed by atoms with van der Waals surface area (Å²) < 4.78 is 0. The number of aromatic hydroxyl groups is 2. The average molecular weight is 236 g/mol. The van der Waals surface area contributed by atoms with Gasteiger partial charge in [0.2, 0.25) is 0 Å². The van der Waals surface area contributed by atoms with Crippen molar-refractivity contribution in [1.29, 1.82) is 0 Å². The molecule has 2 aromatic rings. The third-order valence-electron chi connectivity index (χ3n) is 2.18. The Morgan fingerprint density at radius 3 is 2.75 bits per heavy atom. The van der Waals surface area contributed by atoms with Crippen LogP contribution in [0, 0.1) is 0 Å². The van der Waals surface area contributed by atoms with Crippen molar-refractivity contribution in [2.45, 2.75) is 0 Å². The molecule has 16 heavy (non-hydrogen) atoms. The zero-order valence-electron chi connectivity index (χ0n) is 8.12. The van der Waals surface area contributed by atoms with Crippen LogP contribution in [-0.4, -0.2) is 26.6 Å². The third-order valence-corrected chi connectivity index (χ3v) is 2.65. The Kier molecular flexibility index (Phi) is 2.62. The van der Waals surface area contributed by atoms with Crippen LogP contribution in [0.4, 0.5) is 0 Å². The van der Waals surface area contributed by atoms with Crippen LogP contribution >= 0.6 is 9.24 Å². The molecule has 3 N–H and O–H groups in total. The van der Waals surface area contributed by atoms with Gasteiger partial charge in [-0.3, -0.25) is 0 Å². The van der Waals surface area contributed by atoms with Crippen LogP contribution in [-0.2, 0) is 0 Å². The number of phenolic OH excluding ortho intramolecular Hbond substituents is 2. The molecule has 1 aromatic heterocycles. The first-order chi connectivity index (χ1) is 7.63. The lowest BCUT2D eigenvalue weighted by Crippen LogP contribution is -1.97. The Morgan fingerprint density at radius 1 is 1.31 bits per heavy atom. The Hall–Kier alpha value is -1.87. The number of phenols is 2. The van der Waals surface area contributed by atoms with E-state index in [9.17, 15) is 10.2 Å². The second-order valence-electron chi connectivity index (χ2n) is 3.21. The number of hydrogen-bond acceptors (Lipinski definition) is 5. The molecule has 1 aromatic carbocycles. The Balaban J connectivity index is 2.81. The van der Waals surface area contributed by atoms with Crippen molar-refractivity contribution in [3.8, 4) is 11.5 Å². The molecule has 6 heteroatoms. The summed E-state index contributed by atoms with van der Waals surface area (Å²) in [6, 6.07) is 4.80. The normalized spacial score (nSPS) is 11.3. The van der Waals surface area contributed by atoms with Crippen molar-refractivity contribution >= 4 is 31.7 Å². The lowest BCUT2D eigenvalue weighted by molar-refractivity contribution is 0.321. The van der Waals surface area contributed by atoms with Crippen LogP contribution in [0.1, 0.15) is 5.69 Å². The van der Waals surface area contributed by atoms with Gasteiger partial charge in [-0.05, 0) is 23.5 Å². The van der Waals surface area contributed by atoms with Gasteiger partial charge in [-0.15, -0.1) is 9.24 Å². The van der Waals surface area contributed by atoms with Crippen molar-refractivity contribution in [3.05, 3.63) is 23.9 Å². The van der Waals surface area contributed by atoms with E-state index in [4.69, 9.17) is 5.21 Å². The first-order valence-corrected chi connectivity index (χ1v) is 5.00. The fourth-order valence-corrected chi connectivity index (χ4v) is 1.82. The summed E-state index contributed by atoms with van der Waals surface area (Å²) in [6.07, 6.45) is 1.14. The number of pyridine rings is 1. The Bertz CT molecular complexity index is 584. The van der Waals surface area contributed by atoms with Crippen molar-refractivity contribution in [1.82, 2.24) is 4.98 Å². The fraction of sp³-hybridized carbons (Fsp3) is 0. The van der Waals surface area contributed by atoms with Gasteiger partial charge >= 0.3 is 0 Å². The van der Waals surface area contributed by atoms with E-state index in [0.29, 0.717) is 11.1 Å². The summed E-state index contributed by atoms with van der Waals surface area (Å²) in [5, 5.41) is 31.7. The van der Waals surface area contributed by atoms with Crippen molar-refractivity contribution in [2.75, 3.05) is 0 Å². The maximum absolute atomic E-state index is 9.65. The molecule has 0 aliphatic heterocycles. The molecule has 5 nitrogen and oxygen atoms in total. The predicted octanol–water partition coefficient (Wildman–Crippen LogP) is 0.954. The van der Waals surface area contributed by atoms with Gasteiger partial charge in [0.25, 0.3) is 0 Å². The number of rotatable bonds is 1. The maximum atomic E-state index is 9.65. The van der Waals surface area contributed by atoms with Crippen LogP contribution < -0.4 is 5.30 Å². The molecule has 0 fully saturated rings. The van der Waals surface area contributed by atoms with Crippen LogP contribution in [0.5, 0.6) is 11.5 Å². The highest BCUT2D eigenvalue weighted by Gasteiger charge is 2.10. The summed E-state index contributed by atoms with van der Waals surface area (Å²) in [6.45, 7) is 0. The minimum Gasteiger partial charge on any atom is -0.504 e. The molecule has 82 valence electrons. The van der Waals surface area contributed by atoms with E-state index >= 15 is 0 Å². The second-order valence-corrected chi connectivity index (χ2v) is 3.83. The number of fused-ring (bicyclic) bond motifs is 1. The summed E-state index contributed by atoms with van der Waals surface area (Å²) >= 11 is 0. The monoisotopic (exact) mass is 236 g/mol. The molecule has 0 amide bonds. The predicted molar refractivity (Wildman–Crippen MR) is 63.8 cm³/mol. The summed E-state index contributed by atoms with van der Waals surface area (Å²) in [7, 11) is 2.45. The van der Waals surface area contributed by atoms with E-state index in [0.717, 1.165) is 11.5 Å². The van der Waals surface area contributed by atoms with Crippen molar-refractivity contribution < 1.29 is 15.4 Å². The molecule has 0 aliphatic rings. The van der Waals surface area contributed by atoms with Crippen LogP contribution in [0.2, 0.25) is 0 Å². The van der Waals surface area contributed by atoms with E-state index in [1.54, 1.807) is 12.1 Å². The maximum Gasteiger partial charge on any atom is 0.184 e. The standard InChI is InChI=1S/C10H9N2O3P/c13-7-3-8(16)6-2-1-5(4-11-15)12-9(6)10(7)14/h1-4,13-15H,16H2/b11-4+. The number of oxime groups is 1. The number of nitrogens with zero attached hydrogens (tertiary/aromatic N) is 2. The van der Waals surface area contributed by atoms with Gasteiger partial charge in [-0.1, -0.05) is 5.16 Å². The summed E-state index contributed by atoms with van der Waals surface area (Å²) in [4.78, 5) is 4.05. The van der Waals surface area contributed by atoms with E-state index < -0.39 is 0 Å². The zero-order valence-corrected chi connectivity index (χ0v) is 9.28. The first-order valence-electron chi connectivity index (χ1n) is 4.42. The van der Waals surface area contributed by atoms with Crippen LogP contribution in [0.25, 0.3) is 10.9 Å². The second kappa shape index (κ2) is 3.94. The minimum atomic E-state index is -0.283. The molecule has 0 saturated heterocycles. The lowest BCUT2D eigenvalue weighted by Gasteiger charge is -2.06. The van der Waals surface area contributed by atoms with Gasteiger partial charge < -0.3 is 15.4 Å². The topological polar surface area (TPSA) is 85.9 Å². The van der Waals surface area contributed by atoms with Gasteiger partial charge in [0.15, 0.2) is 11.5 Å². The molecule has 0 bridgehead atoms. The average Bonchev–Trinajstić information content (AvgIpc) is 2.26. The Morgan fingerprint density at radius 2 is 2.06 bits per heavy atom.